The lowest BCUT2D eigenvalue weighted by molar-refractivity contribution is -0.438. The van der Waals surface area contributed by atoms with E-state index < -0.39 is 0 Å². The molecule has 2 heterocycles. The SMILES string of the molecule is C=CCCCCCCCC[N+]1=C(C=CC=C(Cl)C=CCC2=NC3=C(CCC=C3)C2(C)C)C(C)(C)c2c1ccc1ccccc21. The van der Waals surface area contributed by atoms with Crippen molar-refractivity contribution < 1.29 is 4.58 Å². The molecule has 44 heavy (non-hydrogen) atoms. The normalized spacial score (nSPS) is 19.0. The van der Waals surface area contributed by atoms with Gasteiger partial charge in [0.15, 0.2) is 5.71 Å². The molecule has 0 N–H and O–H groups in total. The second kappa shape index (κ2) is 14.2. The van der Waals surface area contributed by atoms with E-state index in [0.717, 1.165) is 37.3 Å². The van der Waals surface area contributed by atoms with Crippen LogP contribution in [0.2, 0.25) is 0 Å². The monoisotopic (exact) mass is 605 g/mol. The third kappa shape index (κ3) is 6.86. The number of hydrogen-bond acceptors (Lipinski definition) is 1. The molecule has 3 aliphatic rings. The zero-order chi connectivity index (χ0) is 31.2. The minimum Gasteiger partial charge on any atom is -0.257 e. The molecule has 0 saturated heterocycles. The van der Waals surface area contributed by atoms with E-state index >= 15 is 0 Å². The Labute approximate surface area is 271 Å². The van der Waals surface area contributed by atoms with Crippen LogP contribution in [0.3, 0.4) is 0 Å². The average Bonchev–Trinajstić information content (AvgIpc) is 3.40. The van der Waals surface area contributed by atoms with Gasteiger partial charge in [-0.3, -0.25) is 4.99 Å². The number of aliphatic imine (C=N–C) groups is 1. The summed E-state index contributed by atoms with van der Waals surface area (Å²) in [6, 6.07) is 13.4. The van der Waals surface area contributed by atoms with E-state index in [9.17, 15) is 0 Å². The first-order valence-corrected chi connectivity index (χ1v) is 17.1. The number of unbranched alkanes of at least 4 members (excludes halogenated alkanes) is 6. The highest BCUT2D eigenvalue weighted by Gasteiger charge is 2.45. The van der Waals surface area contributed by atoms with Gasteiger partial charge in [-0.15, -0.1) is 6.58 Å². The van der Waals surface area contributed by atoms with Crippen LogP contribution in [-0.4, -0.2) is 22.5 Å². The van der Waals surface area contributed by atoms with Gasteiger partial charge in [0.25, 0.3) is 0 Å². The van der Waals surface area contributed by atoms with Crippen molar-refractivity contribution in [2.24, 2.45) is 10.4 Å². The van der Waals surface area contributed by atoms with Crippen molar-refractivity contribution in [3.8, 4) is 0 Å². The number of rotatable bonds is 14. The molecule has 0 saturated carbocycles. The summed E-state index contributed by atoms with van der Waals surface area (Å²) < 4.78 is 2.57. The Hall–Kier alpha value is -3.23. The summed E-state index contributed by atoms with van der Waals surface area (Å²) >= 11 is 6.72. The van der Waals surface area contributed by atoms with E-state index in [2.05, 4.69) is 106 Å². The van der Waals surface area contributed by atoms with Crippen molar-refractivity contribution >= 4 is 39.5 Å². The molecule has 2 aromatic carbocycles. The maximum atomic E-state index is 6.72. The molecule has 0 fully saturated rings. The van der Waals surface area contributed by atoms with Crippen molar-refractivity contribution in [1.82, 2.24) is 0 Å². The van der Waals surface area contributed by atoms with Gasteiger partial charge in [0.2, 0.25) is 5.69 Å². The molecule has 0 radical (unpaired) electrons. The third-order valence-electron chi connectivity index (χ3n) is 9.77. The van der Waals surface area contributed by atoms with E-state index in [1.54, 1.807) is 0 Å². The molecule has 0 aromatic heterocycles. The number of fused-ring (bicyclic) bond motifs is 3. The lowest BCUT2D eigenvalue weighted by atomic mass is 9.76. The molecule has 3 heteroatoms. The number of hydrogen-bond donors (Lipinski definition) is 0. The van der Waals surface area contributed by atoms with Crippen LogP contribution in [0, 0.1) is 5.41 Å². The maximum Gasteiger partial charge on any atom is 0.210 e. The Balaban J connectivity index is 1.30. The lowest BCUT2D eigenvalue weighted by Gasteiger charge is -2.25. The quantitative estimate of drug-likeness (QED) is 0.0880. The second-order valence-corrected chi connectivity index (χ2v) is 14.0. The lowest BCUT2D eigenvalue weighted by Crippen LogP contribution is -2.28. The molecule has 2 nitrogen and oxygen atoms in total. The fraction of sp³-hybridized carbons (Fsp3) is 0.415. The first-order valence-electron chi connectivity index (χ1n) is 16.7. The van der Waals surface area contributed by atoms with Gasteiger partial charge in [0.1, 0.15) is 6.54 Å². The average molecular weight is 606 g/mol. The largest absolute Gasteiger partial charge is 0.257 e. The standard InChI is InChI=1S/C41H50ClN2/c1-6-7-8-9-10-11-12-17-30-44-36-29-28-31-20-13-14-23-33(31)39(36)41(4,5)38(44)27-19-22-32(42)21-18-26-37-40(2,3)34-24-15-16-25-35(34)43-37/h6,13-14,16,18-23,25,27-29H,1,7-12,15,17,24,26,30H2,2-5H3/q+1. The van der Waals surface area contributed by atoms with Crippen LogP contribution < -0.4 is 0 Å². The molecular weight excluding hydrogens is 556 g/mol. The highest BCUT2D eigenvalue weighted by atomic mass is 35.5. The van der Waals surface area contributed by atoms with Gasteiger partial charge in [0, 0.05) is 46.7 Å². The molecule has 0 spiro atoms. The Bertz CT molecular complexity index is 1600. The Morgan fingerprint density at radius 3 is 2.55 bits per heavy atom. The van der Waals surface area contributed by atoms with Crippen LogP contribution in [0.15, 0.2) is 113 Å². The van der Waals surface area contributed by atoms with Crippen molar-refractivity contribution in [2.75, 3.05) is 6.54 Å². The first-order chi connectivity index (χ1) is 21.2. The summed E-state index contributed by atoms with van der Waals surface area (Å²) in [6.07, 6.45) is 28.9. The van der Waals surface area contributed by atoms with E-state index in [-0.39, 0.29) is 10.8 Å². The summed E-state index contributed by atoms with van der Waals surface area (Å²) in [7, 11) is 0. The van der Waals surface area contributed by atoms with Crippen LogP contribution in [0.5, 0.6) is 0 Å². The number of benzene rings is 2. The minimum absolute atomic E-state index is 0.0271. The molecule has 5 rings (SSSR count). The van der Waals surface area contributed by atoms with Gasteiger partial charge in [-0.25, -0.2) is 0 Å². The highest BCUT2D eigenvalue weighted by molar-refractivity contribution is 6.31. The molecule has 230 valence electrons. The predicted molar refractivity (Wildman–Crippen MR) is 193 cm³/mol. The van der Waals surface area contributed by atoms with Crippen LogP contribution in [-0.2, 0) is 5.41 Å². The number of halogens is 1. The first kappa shape index (κ1) is 32.2. The molecule has 1 aliphatic carbocycles. The number of nitrogens with zero attached hydrogens (tertiary/aromatic N) is 2. The van der Waals surface area contributed by atoms with Crippen LogP contribution in [0.1, 0.15) is 97.5 Å². The van der Waals surface area contributed by atoms with E-state index in [1.807, 2.05) is 18.2 Å². The zero-order valence-corrected chi connectivity index (χ0v) is 28.1. The summed E-state index contributed by atoms with van der Waals surface area (Å²) in [4.78, 5) is 4.96. The molecule has 0 unspecified atom stereocenters. The molecule has 2 aliphatic heterocycles. The fourth-order valence-corrected chi connectivity index (χ4v) is 7.42. The zero-order valence-electron chi connectivity index (χ0n) is 27.3. The van der Waals surface area contributed by atoms with Crippen LogP contribution in [0.25, 0.3) is 10.8 Å². The summed E-state index contributed by atoms with van der Waals surface area (Å²) in [5.74, 6) is 0. The molecule has 0 amide bonds. The van der Waals surface area contributed by atoms with Gasteiger partial charge < -0.3 is 0 Å². The molecule has 0 bridgehead atoms. The van der Waals surface area contributed by atoms with Crippen molar-refractivity contribution in [2.45, 2.75) is 97.3 Å². The minimum atomic E-state index is -0.111. The van der Waals surface area contributed by atoms with Crippen molar-refractivity contribution in [1.29, 1.82) is 0 Å². The van der Waals surface area contributed by atoms with E-state index in [4.69, 9.17) is 16.6 Å². The Morgan fingerprint density at radius 2 is 1.75 bits per heavy atom. The van der Waals surface area contributed by atoms with Gasteiger partial charge in [-0.1, -0.05) is 93.3 Å². The maximum absolute atomic E-state index is 6.72. The van der Waals surface area contributed by atoms with Crippen LogP contribution in [0.4, 0.5) is 5.69 Å². The molecular formula is C41H50ClN2+. The van der Waals surface area contributed by atoms with Gasteiger partial charge in [0.05, 0.1) is 11.1 Å². The summed E-state index contributed by atoms with van der Waals surface area (Å²) in [6.45, 7) is 14.2. The fourth-order valence-electron chi connectivity index (χ4n) is 7.26. The van der Waals surface area contributed by atoms with Crippen LogP contribution >= 0.6 is 11.6 Å². The second-order valence-electron chi connectivity index (χ2n) is 13.5. The molecule has 2 aromatic rings. The van der Waals surface area contributed by atoms with E-state index in [1.165, 1.54) is 83.2 Å². The van der Waals surface area contributed by atoms with E-state index in [0.29, 0.717) is 0 Å². The van der Waals surface area contributed by atoms with Crippen molar-refractivity contribution in [3.63, 3.8) is 0 Å². The Morgan fingerprint density at radius 1 is 0.977 bits per heavy atom. The van der Waals surface area contributed by atoms with Gasteiger partial charge in [-0.2, -0.15) is 4.58 Å². The number of allylic oxidation sites excluding steroid dienone is 10. The van der Waals surface area contributed by atoms with Crippen molar-refractivity contribution in [3.05, 3.63) is 113 Å². The smallest absolute Gasteiger partial charge is 0.210 e. The third-order valence-corrected chi connectivity index (χ3v) is 10.0. The van der Waals surface area contributed by atoms with Gasteiger partial charge >= 0.3 is 0 Å². The molecule has 0 atom stereocenters. The summed E-state index contributed by atoms with van der Waals surface area (Å²) in [5, 5.41) is 3.39. The summed E-state index contributed by atoms with van der Waals surface area (Å²) in [5.41, 5.74) is 7.91. The van der Waals surface area contributed by atoms with Gasteiger partial charge in [-0.05, 0) is 86.6 Å². The highest BCUT2D eigenvalue weighted by Crippen LogP contribution is 2.45. The predicted octanol–water partition coefficient (Wildman–Crippen LogP) is 11.8. The topological polar surface area (TPSA) is 15.4 Å². The Kier molecular flexibility index (Phi) is 10.4.